The molecule has 0 atom stereocenters. The van der Waals surface area contributed by atoms with Crippen molar-refractivity contribution in [1.82, 2.24) is 0 Å². The summed E-state index contributed by atoms with van der Waals surface area (Å²) in [5.74, 6) is -0.424. The number of nitrogens with two attached hydrogens (primary N) is 1. The summed E-state index contributed by atoms with van der Waals surface area (Å²) in [4.78, 5) is 11.0. The van der Waals surface area contributed by atoms with E-state index in [1.165, 1.54) is 18.2 Å². The molecule has 0 radical (unpaired) electrons. The van der Waals surface area contributed by atoms with Gasteiger partial charge in [0.25, 0.3) is 0 Å². The van der Waals surface area contributed by atoms with E-state index < -0.39 is 5.91 Å². The Hall–Kier alpha value is -1.38. The second kappa shape index (κ2) is 2.83. The molecule has 1 aromatic rings. The highest BCUT2D eigenvalue weighted by Gasteiger charge is 2.27. The van der Waals surface area contributed by atoms with E-state index in [1.807, 2.05) is 0 Å². The number of primary amides is 1. The topological polar surface area (TPSA) is 43.1 Å². The Morgan fingerprint density at radius 1 is 1.46 bits per heavy atom. The van der Waals surface area contributed by atoms with Crippen molar-refractivity contribution in [2.24, 2.45) is 5.73 Å². The second-order valence-electron chi connectivity index (χ2n) is 3.37. The smallest absolute Gasteiger partial charge is 0.248 e. The molecule has 1 amide bonds. The van der Waals surface area contributed by atoms with Crippen LogP contribution >= 0.6 is 0 Å². The van der Waals surface area contributed by atoms with Crippen molar-refractivity contribution >= 4 is 5.91 Å². The average molecular weight is 179 g/mol. The third-order valence-electron chi connectivity index (χ3n) is 2.30. The van der Waals surface area contributed by atoms with Gasteiger partial charge in [-0.3, -0.25) is 4.79 Å². The van der Waals surface area contributed by atoms with Crippen LogP contribution in [-0.4, -0.2) is 5.91 Å². The number of hydrogen-bond acceptors (Lipinski definition) is 1. The van der Waals surface area contributed by atoms with Crippen molar-refractivity contribution in [2.75, 3.05) is 0 Å². The summed E-state index contributed by atoms with van der Waals surface area (Å²) in [6.45, 7) is 0. The van der Waals surface area contributed by atoms with Gasteiger partial charge in [0.2, 0.25) is 5.91 Å². The van der Waals surface area contributed by atoms with E-state index in [2.05, 4.69) is 0 Å². The van der Waals surface area contributed by atoms with Gasteiger partial charge in [0.05, 0.1) is 0 Å². The number of rotatable bonds is 2. The Kier molecular flexibility index (Phi) is 1.79. The zero-order valence-corrected chi connectivity index (χ0v) is 7.09. The normalized spacial score (nSPS) is 15.8. The maximum absolute atomic E-state index is 12.8. The highest BCUT2D eigenvalue weighted by molar-refractivity contribution is 5.94. The van der Waals surface area contributed by atoms with Crippen molar-refractivity contribution in [1.29, 1.82) is 0 Å². The van der Waals surface area contributed by atoms with Crippen molar-refractivity contribution < 1.29 is 9.18 Å². The fourth-order valence-electron chi connectivity index (χ4n) is 1.49. The monoisotopic (exact) mass is 179 g/mol. The van der Waals surface area contributed by atoms with Crippen LogP contribution in [0.4, 0.5) is 4.39 Å². The fourth-order valence-corrected chi connectivity index (χ4v) is 1.49. The van der Waals surface area contributed by atoms with Crippen LogP contribution in [0.2, 0.25) is 0 Å². The molecule has 0 bridgehead atoms. The maximum atomic E-state index is 12.8. The molecular formula is C10H10FNO. The van der Waals surface area contributed by atoms with Gasteiger partial charge in [-0.2, -0.15) is 0 Å². The lowest BCUT2D eigenvalue weighted by Crippen LogP contribution is -2.13. The van der Waals surface area contributed by atoms with E-state index in [0.29, 0.717) is 11.5 Å². The van der Waals surface area contributed by atoms with E-state index in [4.69, 9.17) is 5.73 Å². The standard InChI is InChI=1S/C10H10FNO/c11-7-3-4-8(10(12)13)9(5-7)6-1-2-6/h3-6H,1-2H2,(H2,12,13). The first-order chi connectivity index (χ1) is 6.18. The Bertz CT molecular complexity index is 358. The van der Waals surface area contributed by atoms with Crippen LogP contribution < -0.4 is 5.73 Å². The summed E-state index contributed by atoms with van der Waals surface area (Å²) in [6, 6.07) is 4.15. The molecule has 0 aliphatic heterocycles. The minimum atomic E-state index is -0.470. The van der Waals surface area contributed by atoms with Gasteiger partial charge in [-0.15, -0.1) is 0 Å². The van der Waals surface area contributed by atoms with Crippen LogP contribution in [0.1, 0.15) is 34.7 Å². The molecule has 0 aromatic heterocycles. The van der Waals surface area contributed by atoms with E-state index in [-0.39, 0.29) is 5.82 Å². The molecule has 2 rings (SSSR count). The summed E-state index contributed by atoms with van der Waals surface area (Å²) in [6.07, 6.45) is 2.06. The van der Waals surface area contributed by atoms with Gasteiger partial charge in [-0.05, 0) is 42.5 Å². The van der Waals surface area contributed by atoms with Gasteiger partial charge in [0.1, 0.15) is 5.82 Å². The summed E-state index contributed by atoms with van der Waals surface area (Å²) in [5.41, 5.74) is 6.40. The number of amides is 1. The SMILES string of the molecule is NC(=O)c1ccc(F)cc1C1CC1. The number of hydrogen-bond donors (Lipinski definition) is 1. The molecular weight excluding hydrogens is 169 g/mol. The van der Waals surface area contributed by atoms with Gasteiger partial charge >= 0.3 is 0 Å². The summed E-state index contributed by atoms with van der Waals surface area (Å²) >= 11 is 0. The summed E-state index contributed by atoms with van der Waals surface area (Å²) in [7, 11) is 0. The Balaban J connectivity index is 2.47. The summed E-state index contributed by atoms with van der Waals surface area (Å²) in [5, 5.41) is 0. The molecule has 1 fully saturated rings. The predicted octanol–water partition coefficient (Wildman–Crippen LogP) is 1.80. The quantitative estimate of drug-likeness (QED) is 0.739. The van der Waals surface area contributed by atoms with Gasteiger partial charge < -0.3 is 5.73 Å². The first kappa shape index (κ1) is 8.23. The van der Waals surface area contributed by atoms with Gasteiger partial charge in [0.15, 0.2) is 0 Å². The van der Waals surface area contributed by atoms with Crippen LogP contribution in [0.3, 0.4) is 0 Å². The molecule has 1 aliphatic carbocycles. The molecule has 2 nitrogen and oxygen atoms in total. The molecule has 0 heterocycles. The highest BCUT2D eigenvalue weighted by atomic mass is 19.1. The van der Waals surface area contributed by atoms with Crippen LogP contribution in [0, 0.1) is 5.82 Å². The number of halogens is 1. The first-order valence-corrected chi connectivity index (χ1v) is 4.27. The average Bonchev–Trinajstić information content (AvgIpc) is 2.85. The minimum absolute atomic E-state index is 0.299. The first-order valence-electron chi connectivity index (χ1n) is 4.27. The maximum Gasteiger partial charge on any atom is 0.248 e. The van der Waals surface area contributed by atoms with Crippen molar-refractivity contribution in [3.63, 3.8) is 0 Å². The largest absolute Gasteiger partial charge is 0.366 e. The molecule has 0 spiro atoms. The van der Waals surface area contributed by atoms with Crippen molar-refractivity contribution in [3.05, 3.63) is 35.1 Å². The molecule has 0 unspecified atom stereocenters. The molecule has 13 heavy (non-hydrogen) atoms. The van der Waals surface area contributed by atoms with E-state index in [1.54, 1.807) is 0 Å². The van der Waals surface area contributed by atoms with Crippen LogP contribution in [0.5, 0.6) is 0 Å². The number of benzene rings is 1. The lowest BCUT2D eigenvalue weighted by atomic mass is 10.0. The number of carbonyl (C=O) groups is 1. The fraction of sp³-hybridized carbons (Fsp3) is 0.300. The Morgan fingerprint density at radius 2 is 2.15 bits per heavy atom. The number of carbonyl (C=O) groups excluding carboxylic acids is 1. The van der Waals surface area contributed by atoms with Crippen molar-refractivity contribution in [3.8, 4) is 0 Å². The van der Waals surface area contributed by atoms with Gasteiger partial charge in [0, 0.05) is 5.56 Å². The van der Waals surface area contributed by atoms with Crippen LogP contribution in [0.15, 0.2) is 18.2 Å². The molecule has 68 valence electrons. The zero-order valence-electron chi connectivity index (χ0n) is 7.09. The molecule has 3 heteroatoms. The Labute approximate surface area is 75.6 Å². The molecule has 1 aromatic carbocycles. The third-order valence-corrected chi connectivity index (χ3v) is 2.30. The third kappa shape index (κ3) is 1.54. The van der Waals surface area contributed by atoms with E-state index in [0.717, 1.165) is 18.4 Å². The Morgan fingerprint density at radius 3 is 2.69 bits per heavy atom. The lowest BCUT2D eigenvalue weighted by molar-refractivity contribution is 0.0999. The zero-order chi connectivity index (χ0) is 9.42. The predicted molar refractivity (Wildman–Crippen MR) is 46.9 cm³/mol. The molecule has 0 saturated heterocycles. The molecule has 1 saturated carbocycles. The van der Waals surface area contributed by atoms with Gasteiger partial charge in [-0.1, -0.05) is 0 Å². The summed E-state index contributed by atoms with van der Waals surface area (Å²) < 4.78 is 12.8. The van der Waals surface area contributed by atoms with Crippen LogP contribution in [0.25, 0.3) is 0 Å². The van der Waals surface area contributed by atoms with Crippen LogP contribution in [-0.2, 0) is 0 Å². The molecule has 1 aliphatic rings. The molecule has 2 N–H and O–H groups in total. The van der Waals surface area contributed by atoms with E-state index >= 15 is 0 Å². The lowest BCUT2D eigenvalue weighted by Gasteiger charge is -2.04. The van der Waals surface area contributed by atoms with Crippen molar-refractivity contribution in [2.45, 2.75) is 18.8 Å². The van der Waals surface area contributed by atoms with E-state index in [9.17, 15) is 9.18 Å². The highest BCUT2D eigenvalue weighted by Crippen LogP contribution is 2.41. The van der Waals surface area contributed by atoms with Gasteiger partial charge in [-0.25, -0.2) is 4.39 Å². The second-order valence-corrected chi connectivity index (χ2v) is 3.37. The minimum Gasteiger partial charge on any atom is -0.366 e.